The molecule has 1 rings (SSSR count). The zero-order valence-electron chi connectivity index (χ0n) is 8.33. The van der Waals surface area contributed by atoms with Crippen LogP contribution in [0.5, 0.6) is 0 Å². The Morgan fingerprint density at radius 1 is 1.62 bits per heavy atom. The summed E-state index contributed by atoms with van der Waals surface area (Å²) >= 11 is 0. The number of carboxylic acid groups (broad SMARTS) is 1. The van der Waals surface area contributed by atoms with Crippen LogP contribution in [0, 0.1) is 11.3 Å². The molecule has 0 bridgehead atoms. The van der Waals surface area contributed by atoms with Gasteiger partial charge in [-0.2, -0.15) is 0 Å². The molecule has 0 aromatic carbocycles. The van der Waals surface area contributed by atoms with Crippen molar-refractivity contribution >= 4 is 5.97 Å². The first-order valence-corrected chi connectivity index (χ1v) is 4.35. The number of hydrogen-bond donors (Lipinski definition) is 1. The molecule has 0 aromatic heterocycles. The van der Waals surface area contributed by atoms with Gasteiger partial charge in [0, 0.05) is 5.41 Å². The van der Waals surface area contributed by atoms with Crippen molar-refractivity contribution in [3.8, 4) is 0 Å². The molecule has 0 heterocycles. The number of carboxylic acids is 1. The zero-order valence-corrected chi connectivity index (χ0v) is 8.33. The molecule has 1 aliphatic carbocycles. The van der Waals surface area contributed by atoms with E-state index in [1.54, 1.807) is 6.08 Å². The molecule has 1 saturated carbocycles. The SMILES string of the molecule is C=CCOC1(C)C(C(=O)O)C1(C)C. The van der Waals surface area contributed by atoms with Crippen LogP contribution in [-0.2, 0) is 9.53 Å². The molecule has 1 N–H and O–H groups in total. The number of carbonyl (C=O) groups is 1. The van der Waals surface area contributed by atoms with Crippen LogP contribution in [0.15, 0.2) is 12.7 Å². The first-order valence-electron chi connectivity index (χ1n) is 4.35. The minimum Gasteiger partial charge on any atom is -0.481 e. The fourth-order valence-corrected chi connectivity index (χ4v) is 1.99. The van der Waals surface area contributed by atoms with Gasteiger partial charge in [0.15, 0.2) is 0 Å². The first-order chi connectivity index (χ1) is 5.88. The van der Waals surface area contributed by atoms with Crippen molar-refractivity contribution in [2.45, 2.75) is 26.4 Å². The van der Waals surface area contributed by atoms with Crippen LogP contribution >= 0.6 is 0 Å². The summed E-state index contributed by atoms with van der Waals surface area (Å²) in [4.78, 5) is 10.9. The molecule has 0 spiro atoms. The highest BCUT2D eigenvalue weighted by Gasteiger charge is 2.73. The molecule has 3 heteroatoms. The van der Waals surface area contributed by atoms with Gasteiger partial charge >= 0.3 is 5.97 Å². The summed E-state index contributed by atoms with van der Waals surface area (Å²) in [6, 6.07) is 0. The quantitative estimate of drug-likeness (QED) is 0.676. The van der Waals surface area contributed by atoms with Crippen molar-refractivity contribution < 1.29 is 14.6 Å². The minimum absolute atomic E-state index is 0.276. The lowest BCUT2D eigenvalue weighted by molar-refractivity contribution is -0.140. The second-order valence-electron chi connectivity index (χ2n) is 4.20. The Kier molecular flexibility index (Phi) is 2.24. The van der Waals surface area contributed by atoms with Gasteiger partial charge < -0.3 is 9.84 Å². The van der Waals surface area contributed by atoms with Crippen LogP contribution in [0.3, 0.4) is 0 Å². The third-order valence-electron chi connectivity index (χ3n) is 3.22. The van der Waals surface area contributed by atoms with E-state index in [9.17, 15) is 4.79 Å². The maximum absolute atomic E-state index is 10.9. The minimum atomic E-state index is -0.781. The maximum Gasteiger partial charge on any atom is 0.310 e. The van der Waals surface area contributed by atoms with E-state index in [1.165, 1.54) is 0 Å². The molecule has 3 nitrogen and oxygen atoms in total. The summed E-state index contributed by atoms with van der Waals surface area (Å²) < 4.78 is 5.48. The molecule has 2 unspecified atom stereocenters. The number of rotatable bonds is 4. The van der Waals surface area contributed by atoms with Crippen molar-refractivity contribution in [1.82, 2.24) is 0 Å². The largest absolute Gasteiger partial charge is 0.481 e. The van der Waals surface area contributed by atoms with E-state index in [4.69, 9.17) is 9.84 Å². The van der Waals surface area contributed by atoms with Crippen LogP contribution in [0.25, 0.3) is 0 Å². The fraction of sp³-hybridized carbons (Fsp3) is 0.700. The summed E-state index contributed by atoms with van der Waals surface area (Å²) in [5, 5.41) is 8.92. The van der Waals surface area contributed by atoms with E-state index in [0.29, 0.717) is 6.61 Å². The Hall–Kier alpha value is -0.830. The Morgan fingerprint density at radius 3 is 2.46 bits per heavy atom. The van der Waals surface area contributed by atoms with Gasteiger partial charge in [-0.05, 0) is 6.92 Å². The Balaban J connectivity index is 2.71. The number of hydrogen-bond acceptors (Lipinski definition) is 2. The molecule has 0 amide bonds. The van der Waals surface area contributed by atoms with Gasteiger partial charge in [-0.15, -0.1) is 6.58 Å². The molecule has 13 heavy (non-hydrogen) atoms. The van der Waals surface area contributed by atoms with E-state index >= 15 is 0 Å². The molecular weight excluding hydrogens is 168 g/mol. The molecule has 1 aliphatic rings. The summed E-state index contributed by atoms with van der Waals surface area (Å²) in [5.74, 6) is -1.18. The van der Waals surface area contributed by atoms with E-state index < -0.39 is 17.5 Å². The molecular formula is C10H16O3. The summed E-state index contributed by atoms with van der Waals surface area (Å²) in [6.45, 7) is 9.61. The van der Waals surface area contributed by atoms with Gasteiger partial charge in [0.1, 0.15) is 0 Å². The summed E-state index contributed by atoms with van der Waals surface area (Å²) in [6.07, 6.45) is 1.64. The molecule has 0 aromatic rings. The summed E-state index contributed by atoms with van der Waals surface area (Å²) in [7, 11) is 0. The predicted molar refractivity (Wildman–Crippen MR) is 49.5 cm³/mol. The van der Waals surface area contributed by atoms with Gasteiger partial charge in [0.2, 0.25) is 0 Å². The number of ether oxygens (including phenoxy) is 1. The van der Waals surface area contributed by atoms with E-state index in [0.717, 1.165) is 0 Å². The van der Waals surface area contributed by atoms with Crippen LogP contribution in [0.2, 0.25) is 0 Å². The average molecular weight is 184 g/mol. The lowest BCUT2D eigenvalue weighted by Gasteiger charge is -2.13. The van der Waals surface area contributed by atoms with Crippen molar-refractivity contribution in [2.24, 2.45) is 11.3 Å². The Labute approximate surface area is 78.4 Å². The van der Waals surface area contributed by atoms with Crippen LogP contribution in [0.4, 0.5) is 0 Å². The second-order valence-corrected chi connectivity index (χ2v) is 4.20. The smallest absolute Gasteiger partial charge is 0.310 e. The lowest BCUT2D eigenvalue weighted by atomic mass is 10.1. The Bertz CT molecular complexity index is 245. The van der Waals surface area contributed by atoms with Crippen LogP contribution in [-0.4, -0.2) is 23.3 Å². The van der Waals surface area contributed by atoms with Gasteiger partial charge in [-0.25, -0.2) is 0 Å². The number of aliphatic carboxylic acids is 1. The molecule has 1 fully saturated rings. The molecule has 74 valence electrons. The standard InChI is InChI=1S/C10H16O3/c1-5-6-13-10(4)7(8(11)12)9(10,2)3/h5,7H,1,6H2,2-4H3,(H,11,12). The average Bonchev–Trinajstić information content (AvgIpc) is 2.43. The van der Waals surface area contributed by atoms with Gasteiger partial charge in [0.25, 0.3) is 0 Å². The van der Waals surface area contributed by atoms with Gasteiger partial charge in [0.05, 0.1) is 18.1 Å². The molecule has 2 atom stereocenters. The van der Waals surface area contributed by atoms with Crippen molar-refractivity contribution in [1.29, 1.82) is 0 Å². The second kappa shape index (κ2) is 2.84. The van der Waals surface area contributed by atoms with E-state index in [1.807, 2.05) is 20.8 Å². The lowest BCUT2D eigenvalue weighted by Crippen LogP contribution is -2.18. The highest BCUT2D eigenvalue weighted by Crippen LogP contribution is 2.63. The molecule has 0 saturated heterocycles. The first kappa shape index (κ1) is 10.3. The van der Waals surface area contributed by atoms with Crippen LogP contribution in [0.1, 0.15) is 20.8 Å². The Morgan fingerprint density at radius 2 is 2.15 bits per heavy atom. The fourth-order valence-electron chi connectivity index (χ4n) is 1.99. The normalized spacial score (nSPS) is 35.5. The van der Waals surface area contributed by atoms with Gasteiger partial charge in [-0.3, -0.25) is 4.79 Å². The van der Waals surface area contributed by atoms with Crippen molar-refractivity contribution in [3.63, 3.8) is 0 Å². The molecule has 0 radical (unpaired) electrons. The van der Waals surface area contributed by atoms with Crippen molar-refractivity contribution in [2.75, 3.05) is 6.61 Å². The predicted octanol–water partition coefficient (Wildman–Crippen LogP) is 1.69. The maximum atomic E-state index is 10.9. The van der Waals surface area contributed by atoms with E-state index in [2.05, 4.69) is 6.58 Å². The van der Waals surface area contributed by atoms with E-state index in [-0.39, 0.29) is 5.41 Å². The summed E-state index contributed by atoms with van der Waals surface area (Å²) in [5.41, 5.74) is -0.811. The highest BCUT2D eigenvalue weighted by molar-refractivity contribution is 5.77. The van der Waals surface area contributed by atoms with Crippen molar-refractivity contribution in [3.05, 3.63) is 12.7 Å². The topological polar surface area (TPSA) is 46.5 Å². The third kappa shape index (κ3) is 1.27. The highest BCUT2D eigenvalue weighted by atomic mass is 16.5. The van der Waals surface area contributed by atoms with Gasteiger partial charge in [-0.1, -0.05) is 19.9 Å². The van der Waals surface area contributed by atoms with Crippen LogP contribution < -0.4 is 0 Å². The zero-order chi connectivity index (χ0) is 10.3. The molecule has 0 aliphatic heterocycles. The third-order valence-corrected chi connectivity index (χ3v) is 3.22. The monoisotopic (exact) mass is 184 g/mol.